The van der Waals surface area contributed by atoms with Crippen molar-refractivity contribution >= 4 is 35.5 Å². The second-order valence-corrected chi connectivity index (χ2v) is 8.92. The number of hydrogen-bond acceptors (Lipinski definition) is 5. The molecule has 2 aromatic rings. The lowest BCUT2D eigenvalue weighted by atomic mass is 9.95. The molecule has 1 atom stereocenters. The molecule has 1 heterocycles. The SMILES string of the molecule is Cc1nc2ccc(CCCNC(=O)C3(NC(=O)[C@@H](S)C(C)C)CCCC3)cc2o1. The lowest BCUT2D eigenvalue weighted by Crippen LogP contribution is -2.59. The molecule has 1 aliphatic rings. The van der Waals surface area contributed by atoms with Crippen LogP contribution in [0.2, 0.25) is 0 Å². The second-order valence-electron chi connectivity index (χ2n) is 8.36. The summed E-state index contributed by atoms with van der Waals surface area (Å²) in [5.41, 5.74) is 2.02. The van der Waals surface area contributed by atoms with Crippen molar-refractivity contribution in [1.82, 2.24) is 15.6 Å². The second kappa shape index (κ2) is 9.20. The van der Waals surface area contributed by atoms with E-state index in [0.29, 0.717) is 25.3 Å². The topological polar surface area (TPSA) is 84.2 Å². The number of thiol groups is 1. The summed E-state index contributed by atoms with van der Waals surface area (Å²) in [5, 5.41) is 5.64. The Labute approximate surface area is 177 Å². The standard InChI is InChI=1S/C22H31N3O3S/c1-14(2)19(29)20(26)25-22(10-4-5-11-22)21(27)23-12-6-7-16-8-9-17-18(13-16)28-15(3)24-17/h8-9,13-14,19,29H,4-7,10-12H2,1-3H3,(H,23,27)(H,25,26)/t19-/m0/s1. The molecule has 7 heteroatoms. The molecule has 0 aliphatic heterocycles. The maximum atomic E-state index is 12.9. The summed E-state index contributed by atoms with van der Waals surface area (Å²) in [6, 6.07) is 6.02. The Bertz CT molecular complexity index is 871. The predicted molar refractivity (Wildman–Crippen MR) is 117 cm³/mol. The minimum atomic E-state index is -0.788. The van der Waals surface area contributed by atoms with Crippen molar-refractivity contribution in [2.24, 2.45) is 5.92 Å². The van der Waals surface area contributed by atoms with Gasteiger partial charge in [0.25, 0.3) is 0 Å². The van der Waals surface area contributed by atoms with Gasteiger partial charge in [-0.1, -0.05) is 32.8 Å². The number of nitrogens with one attached hydrogen (secondary N) is 2. The zero-order chi connectivity index (χ0) is 21.0. The van der Waals surface area contributed by atoms with E-state index in [1.807, 2.05) is 39.0 Å². The number of rotatable bonds is 8. The van der Waals surface area contributed by atoms with Crippen LogP contribution in [0.25, 0.3) is 11.1 Å². The molecular weight excluding hydrogens is 386 g/mol. The Kier molecular flexibility index (Phi) is 6.88. The molecule has 1 aliphatic carbocycles. The number of hydrogen-bond donors (Lipinski definition) is 3. The first-order valence-corrected chi connectivity index (χ1v) is 11.0. The molecule has 1 fully saturated rings. The highest BCUT2D eigenvalue weighted by Crippen LogP contribution is 2.30. The molecule has 2 N–H and O–H groups in total. The molecule has 6 nitrogen and oxygen atoms in total. The van der Waals surface area contributed by atoms with Crippen LogP contribution in [0, 0.1) is 12.8 Å². The van der Waals surface area contributed by atoms with Gasteiger partial charge >= 0.3 is 0 Å². The van der Waals surface area contributed by atoms with Gasteiger partial charge < -0.3 is 15.1 Å². The first kappa shape index (κ1) is 21.7. The summed E-state index contributed by atoms with van der Waals surface area (Å²) >= 11 is 4.40. The fourth-order valence-corrected chi connectivity index (χ4v) is 3.97. The maximum absolute atomic E-state index is 12.9. The van der Waals surface area contributed by atoms with Crippen LogP contribution >= 0.6 is 12.6 Å². The number of fused-ring (bicyclic) bond motifs is 1. The molecule has 158 valence electrons. The highest BCUT2D eigenvalue weighted by atomic mass is 32.1. The molecule has 0 spiro atoms. The lowest BCUT2D eigenvalue weighted by molar-refractivity contribution is -0.133. The molecule has 1 saturated carbocycles. The van der Waals surface area contributed by atoms with Crippen LogP contribution in [0.15, 0.2) is 22.6 Å². The van der Waals surface area contributed by atoms with Gasteiger partial charge in [0.15, 0.2) is 11.5 Å². The van der Waals surface area contributed by atoms with Crippen LogP contribution in [0.5, 0.6) is 0 Å². The minimum absolute atomic E-state index is 0.0750. The molecule has 2 amide bonds. The number of carbonyl (C=O) groups is 2. The third-order valence-corrected chi connectivity index (χ3v) is 6.47. The van der Waals surface area contributed by atoms with E-state index in [1.54, 1.807) is 0 Å². The zero-order valence-corrected chi connectivity index (χ0v) is 18.4. The fraction of sp³-hybridized carbons (Fsp3) is 0.591. The van der Waals surface area contributed by atoms with Crippen molar-refractivity contribution in [3.8, 4) is 0 Å². The highest BCUT2D eigenvalue weighted by Gasteiger charge is 2.43. The predicted octanol–water partition coefficient (Wildman–Crippen LogP) is 3.57. The highest BCUT2D eigenvalue weighted by molar-refractivity contribution is 7.81. The average molecular weight is 418 g/mol. The van der Waals surface area contributed by atoms with Crippen molar-refractivity contribution in [2.45, 2.75) is 70.1 Å². The largest absolute Gasteiger partial charge is 0.441 e. The molecule has 0 radical (unpaired) electrons. The Balaban J connectivity index is 1.52. The Morgan fingerprint density at radius 2 is 2.00 bits per heavy atom. The van der Waals surface area contributed by atoms with E-state index in [1.165, 1.54) is 0 Å². The molecule has 1 aromatic carbocycles. The lowest BCUT2D eigenvalue weighted by Gasteiger charge is -2.31. The van der Waals surface area contributed by atoms with Gasteiger partial charge in [-0.2, -0.15) is 12.6 Å². The van der Waals surface area contributed by atoms with Gasteiger partial charge in [0.1, 0.15) is 11.1 Å². The van der Waals surface area contributed by atoms with Gasteiger partial charge in [-0.15, -0.1) is 0 Å². The molecule has 0 saturated heterocycles. The van der Waals surface area contributed by atoms with E-state index in [0.717, 1.165) is 42.3 Å². The number of nitrogens with zero attached hydrogens (tertiary/aromatic N) is 1. The molecule has 29 heavy (non-hydrogen) atoms. The van der Waals surface area contributed by atoms with E-state index in [-0.39, 0.29) is 17.7 Å². The molecule has 3 rings (SSSR count). The summed E-state index contributed by atoms with van der Waals surface area (Å²) < 4.78 is 5.58. The number of carbonyl (C=O) groups excluding carboxylic acids is 2. The van der Waals surface area contributed by atoms with Crippen molar-refractivity contribution in [3.05, 3.63) is 29.7 Å². The Hall–Kier alpha value is -2.02. The van der Waals surface area contributed by atoms with Gasteiger partial charge in [-0.05, 0) is 49.3 Å². The normalized spacial score (nSPS) is 16.9. The molecule has 1 aromatic heterocycles. The summed E-state index contributed by atoms with van der Waals surface area (Å²) in [4.78, 5) is 29.7. The van der Waals surface area contributed by atoms with Crippen LogP contribution in [0.3, 0.4) is 0 Å². The fourth-order valence-electron chi connectivity index (χ4n) is 3.90. The third-order valence-electron chi connectivity index (χ3n) is 5.64. The van der Waals surface area contributed by atoms with Gasteiger partial charge in [0, 0.05) is 13.5 Å². The van der Waals surface area contributed by atoms with Crippen LogP contribution in [0.1, 0.15) is 57.4 Å². The zero-order valence-electron chi connectivity index (χ0n) is 17.5. The average Bonchev–Trinajstić information content (AvgIpc) is 3.30. The van der Waals surface area contributed by atoms with E-state index >= 15 is 0 Å². The van der Waals surface area contributed by atoms with Gasteiger partial charge in [-0.3, -0.25) is 9.59 Å². The summed E-state index contributed by atoms with van der Waals surface area (Å²) in [6.45, 7) is 6.31. The van der Waals surface area contributed by atoms with E-state index in [9.17, 15) is 9.59 Å². The van der Waals surface area contributed by atoms with Crippen LogP contribution in [-0.4, -0.2) is 34.1 Å². The Morgan fingerprint density at radius 1 is 1.28 bits per heavy atom. The number of amides is 2. The summed E-state index contributed by atoms with van der Waals surface area (Å²) in [7, 11) is 0. The smallest absolute Gasteiger partial charge is 0.245 e. The van der Waals surface area contributed by atoms with E-state index < -0.39 is 10.8 Å². The first-order valence-electron chi connectivity index (χ1n) is 10.5. The molecular formula is C22H31N3O3S. The molecule has 0 unspecified atom stereocenters. The third kappa shape index (κ3) is 5.13. The van der Waals surface area contributed by atoms with E-state index in [2.05, 4.69) is 28.2 Å². The van der Waals surface area contributed by atoms with E-state index in [4.69, 9.17) is 4.42 Å². The quantitative estimate of drug-likeness (QED) is 0.453. The van der Waals surface area contributed by atoms with Gasteiger partial charge in [0.05, 0.1) is 5.25 Å². The number of oxazole rings is 1. The Morgan fingerprint density at radius 3 is 2.69 bits per heavy atom. The number of benzene rings is 1. The van der Waals surface area contributed by atoms with Gasteiger partial charge in [0.2, 0.25) is 11.8 Å². The first-order chi connectivity index (χ1) is 13.8. The van der Waals surface area contributed by atoms with Gasteiger partial charge in [-0.25, -0.2) is 4.98 Å². The monoisotopic (exact) mass is 417 g/mol. The van der Waals surface area contributed by atoms with Crippen molar-refractivity contribution < 1.29 is 14.0 Å². The summed E-state index contributed by atoms with van der Waals surface area (Å²) in [5.74, 6) is 0.546. The van der Waals surface area contributed by atoms with Crippen molar-refractivity contribution in [2.75, 3.05) is 6.54 Å². The van der Waals surface area contributed by atoms with Crippen molar-refractivity contribution in [1.29, 1.82) is 0 Å². The summed E-state index contributed by atoms with van der Waals surface area (Å²) in [6.07, 6.45) is 4.92. The van der Waals surface area contributed by atoms with Crippen LogP contribution in [0.4, 0.5) is 0 Å². The maximum Gasteiger partial charge on any atom is 0.245 e. The number of aromatic nitrogens is 1. The number of aryl methyl sites for hydroxylation is 2. The van der Waals surface area contributed by atoms with Crippen LogP contribution in [-0.2, 0) is 16.0 Å². The minimum Gasteiger partial charge on any atom is -0.441 e. The molecule has 0 bridgehead atoms. The van der Waals surface area contributed by atoms with Crippen LogP contribution < -0.4 is 10.6 Å². The van der Waals surface area contributed by atoms with Crippen molar-refractivity contribution in [3.63, 3.8) is 0 Å².